The van der Waals surface area contributed by atoms with Crippen LogP contribution in [-0.4, -0.2) is 10.1 Å². The van der Waals surface area contributed by atoms with Gasteiger partial charge >= 0.3 is 0 Å². The Hall–Kier alpha value is -1.19. The predicted molar refractivity (Wildman–Crippen MR) is 76.2 cm³/mol. The van der Waals surface area contributed by atoms with Crippen molar-refractivity contribution in [1.82, 2.24) is 4.98 Å². The van der Waals surface area contributed by atoms with Crippen molar-refractivity contribution in [2.75, 3.05) is 0 Å². The second-order valence-electron chi connectivity index (χ2n) is 4.83. The number of aliphatic hydroxyl groups is 1. The number of aromatic nitrogens is 1. The Morgan fingerprint density at radius 1 is 1.22 bits per heavy atom. The van der Waals surface area contributed by atoms with Gasteiger partial charge in [0.15, 0.2) is 0 Å². The molecule has 2 nitrogen and oxygen atoms in total. The van der Waals surface area contributed by atoms with Crippen LogP contribution in [0.15, 0.2) is 18.2 Å². The van der Waals surface area contributed by atoms with Gasteiger partial charge < -0.3 is 5.11 Å². The summed E-state index contributed by atoms with van der Waals surface area (Å²) < 4.78 is 0. The minimum absolute atomic E-state index is 0.420. The lowest BCUT2D eigenvalue weighted by molar-refractivity contribution is 0.202. The summed E-state index contributed by atoms with van der Waals surface area (Å²) in [6, 6.07) is 6.52. The fourth-order valence-corrected chi connectivity index (χ4v) is 3.06. The van der Waals surface area contributed by atoms with E-state index in [-0.39, 0.29) is 0 Å². The Kier molecular flexibility index (Phi) is 3.83. The van der Waals surface area contributed by atoms with Crippen LogP contribution in [0.25, 0.3) is 0 Å². The van der Waals surface area contributed by atoms with Crippen molar-refractivity contribution in [2.45, 2.75) is 40.2 Å². The molecule has 0 fully saturated rings. The highest BCUT2D eigenvalue weighted by atomic mass is 32.1. The number of hydrogen-bond donors (Lipinski definition) is 1. The Morgan fingerprint density at radius 2 is 1.94 bits per heavy atom. The molecular weight excluding hydrogens is 242 g/mol. The lowest BCUT2D eigenvalue weighted by atomic mass is 10.0. The standard InChI is InChI=1S/C15H19NOS/c1-9-5-6-13(7-10(9)2)8-14-16-11(3)15(18-14)12(4)17/h5-7,12,17H,8H2,1-4H3. The summed E-state index contributed by atoms with van der Waals surface area (Å²) in [5, 5.41) is 10.7. The van der Waals surface area contributed by atoms with Crippen molar-refractivity contribution in [1.29, 1.82) is 0 Å². The van der Waals surface area contributed by atoms with E-state index in [1.54, 1.807) is 18.3 Å². The predicted octanol–water partition coefficient (Wildman–Crippen LogP) is 3.71. The lowest BCUT2D eigenvalue weighted by Gasteiger charge is -2.03. The number of aliphatic hydroxyl groups excluding tert-OH is 1. The number of thiazole rings is 1. The molecule has 2 rings (SSSR count). The first kappa shape index (κ1) is 13.2. The Bertz CT molecular complexity index is 558. The molecule has 0 amide bonds. The van der Waals surface area contributed by atoms with Crippen molar-refractivity contribution in [3.05, 3.63) is 50.5 Å². The number of aryl methyl sites for hydroxylation is 3. The Balaban J connectivity index is 2.23. The summed E-state index contributed by atoms with van der Waals surface area (Å²) in [6.45, 7) is 8.01. The molecule has 0 saturated heterocycles. The van der Waals surface area contributed by atoms with E-state index in [9.17, 15) is 5.11 Å². The van der Waals surface area contributed by atoms with E-state index in [2.05, 4.69) is 37.0 Å². The third kappa shape index (κ3) is 2.79. The molecule has 1 aromatic carbocycles. The van der Waals surface area contributed by atoms with E-state index in [1.165, 1.54) is 16.7 Å². The highest BCUT2D eigenvalue weighted by molar-refractivity contribution is 7.11. The SMILES string of the molecule is Cc1ccc(Cc2nc(C)c(C(C)O)s2)cc1C. The van der Waals surface area contributed by atoms with E-state index in [0.29, 0.717) is 0 Å². The van der Waals surface area contributed by atoms with E-state index in [4.69, 9.17) is 0 Å². The van der Waals surface area contributed by atoms with Crippen LogP contribution < -0.4 is 0 Å². The van der Waals surface area contributed by atoms with Crippen LogP contribution in [-0.2, 0) is 6.42 Å². The molecule has 0 aliphatic carbocycles. The quantitative estimate of drug-likeness (QED) is 0.913. The van der Waals surface area contributed by atoms with Gasteiger partial charge in [0.2, 0.25) is 0 Å². The summed E-state index contributed by atoms with van der Waals surface area (Å²) in [4.78, 5) is 5.52. The first-order valence-corrected chi connectivity index (χ1v) is 6.99. The van der Waals surface area contributed by atoms with Gasteiger partial charge in [0.25, 0.3) is 0 Å². The van der Waals surface area contributed by atoms with Gasteiger partial charge in [-0.15, -0.1) is 11.3 Å². The topological polar surface area (TPSA) is 33.1 Å². The summed E-state index contributed by atoms with van der Waals surface area (Å²) in [7, 11) is 0. The van der Waals surface area contributed by atoms with Gasteiger partial charge in [0, 0.05) is 6.42 Å². The van der Waals surface area contributed by atoms with Crippen LogP contribution >= 0.6 is 11.3 Å². The van der Waals surface area contributed by atoms with Crippen molar-refractivity contribution in [3.63, 3.8) is 0 Å². The van der Waals surface area contributed by atoms with Gasteiger partial charge in [0.05, 0.1) is 21.7 Å². The van der Waals surface area contributed by atoms with E-state index in [1.807, 2.05) is 6.92 Å². The van der Waals surface area contributed by atoms with E-state index < -0.39 is 6.10 Å². The maximum atomic E-state index is 9.63. The molecule has 96 valence electrons. The fraction of sp³-hybridized carbons (Fsp3) is 0.400. The lowest BCUT2D eigenvalue weighted by Crippen LogP contribution is -1.90. The first-order valence-electron chi connectivity index (χ1n) is 6.17. The summed E-state index contributed by atoms with van der Waals surface area (Å²) in [6.07, 6.45) is 0.426. The molecule has 0 spiro atoms. The minimum Gasteiger partial charge on any atom is -0.388 e. The summed E-state index contributed by atoms with van der Waals surface area (Å²) >= 11 is 1.61. The van der Waals surface area contributed by atoms with Gasteiger partial charge in [-0.3, -0.25) is 0 Å². The molecule has 1 heterocycles. The van der Waals surface area contributed by atoms with Crippen LogP contribution in [0.3, 0.4) is 0 Å². The number of benzene rings is 1. The monoisotopic (exact) mass is 261 g/mol. The molecule has 0 radical (unpaired) electrons. The van der Waals surface area contributed by atoms with Gasteiger partial charge in [-0.2, -0.15) is 0 Å². The van der Waals surface area contributed by atoms with Crippen molar-refractivity contribution < 1.29 is 5.11 Å². The third-order valence-corrected chi connectivity index (χ3v) is 4.51. The second-order valence-corrected chi connectivity index (χ2v) is 5.94. The van der Waals surface area contributed by atoms with Crippen molar-refractivity contribution in [2.24, 2.45) is 0 Å². The van der Waals surface area contributed by atoms with Crippen LogP contribution in [0.4, 0.5) is 0 Å². The summed E-state index contributed by atoms with van der Waals surface area (Å²) in [5.74, 6) is 0. The van der Waals surface area contributed by atoms with Crippen molar-refractivity contribution >= 4 is 11.3 Å². The zero-order valence-electron chi connectivity index (χ0n) is 11.3. The molecular formula is C15H19NOS. The maximum Gasteiger partial charge on any atom is 0.0975 e. The van der Waals surface area contributed by atoms with Crippen LogP contribution in [0.2, 0.25) is 0 Å². The minimum atomic E-state index is -0.420. The van der Waals surface area contributed by atoms with Crippen LogP contribution in [0.1, 0.15) is 45.3 Å². The van der Waals surface area contributed by atoms with Crippen LogP contribution in [0.5, 0.6) is 0 Å². The Morgan fingerprint density at radius 3 is 2.50 bits per heavy atom. The van der Waals surface area contributed by atoms with Gasteiger partial charge in [-0.1, -0.05) is 18.2 Å². The number of rotatable bonds is 3. The average Bonchev–Trinajstić information content (AvgIpc) is 2.65. The largest absolute Gasteiger partial charge is 0.388 e. The maximum absolute atomic E-state index is 9.63. The van der Waals surface area contributed by atoms with Crippen LogP contribution in [0, 0.1) is 20.8 Å². The number of nitrogens with zero attached hydrogens (tertiary/aromatic N) is 1. The van der Waals surface area contributed by atoms with Gasteiger partial charge in [-0.25, -0.2) is 4.98 Å². The molecule has 1 unspecified atom stereocenters. The fourth-order valence-electron chi connectivity index (χ4n) is 2.02. The second kappa shape index (κ2) is 5.21. The molecule has 0 bridgehead atoms. The molecule has 0 saturated carbocycles. The molecule has 18 heavy (non-hydrogen) atoms. The molecule has 2 aromatic rings. The van der Waals surface area contributed by atoms with Gasteiger partial charge in [0.1, 0.15) is 0 Å². The van der Waals surface area contributed by atoms with E-state index in [0.717, 1.165) is 22.0 Å². The molecule has 0 aliphatic heterocycles. The van der Waals surface area contributed by atoms with Crippen molar-refractivity contribution in [3.8, 4) is 0 Å². The highest BCUT2D eigenvalue weighted by Gasteiger charge is 2.12. The highest BCUT2D eigenvalue weighted by Crippen LogP contribution is 2.26. The first-order chi connectivity index (χ1) is 8.47. The molecule has 3 heteroatoms. The zero-order valence-corrected chi connectivity index (χ0v) is 12.1. The molecule has 1 aromatic heterocycles. The van der Waals surface area contributed by atoms with Gasteiger partial charge in [-0.05, 0) is 44.4 Å². The molecule has 0 aliphatic rings. The zero-order chi connectivity index (χ0) is 13.3. The third-order valence-electron chi connectivity index (χ3n) is 3.18. The molecule has 1 atom stereocenters. The Labute approximate surface area is 112 Å². The molecule has 1 N–H and O–H groups in total. The normalized spacial score (nSPS) is 12.7. The van der Waals surface area contributed by atoms with E-state index >= 15 is 0 Å². The summed E-state index contributed by atoms with van der Waals surface area (Å²) in [5.41, 5.74) is 4.87. The smallest absolute Gasteiger partial charge is 0.0975 e. The average molecular weight is 261 g/mol. The number of hydrogen-bond acceptors (Lipinski definition) is 3.